The van der Waals surface area contributed by atoms with Gasteiger partial charge in [0.2, 0.25) is 0 Å². The number of nitrogens with one attached hydrogen (secondary N) is 1. The van der Waals surface area contributed by atoms with E-state index >= 15 is 0 Å². The highest BCUT2D eigenvalue weighted by Crippen LogP contribution is 2.14. The van der Waals surface area contributed by atoms with E-state index in [4.69, 9.17) is 4.74 Å². The van der Waals surface area contributed by atoms with Crippen molar-refractivity contribution in [2.45, 2.75) is 12.5 Å². The largest absolute Gasteiger partial charge is 0.497 e. The molecule has 1 amide bonds. The third-order valence-electron chi connectivity index (χ3n) is 3.38. The van der Waals surface area contributed by atoms with Gasteiger partial charge in [0.1, 0.15) is 23.4 Å². The first kappa shape index (κ1) is 17.4. The summed E-state index contributed by atoms with van der Waals surface area (Å²) in [5, 5.41) is 11.5. The Morgan fingerprint density at radius 2 is 1.83 bits per heavy atom. The molecule has 2 rings (SSSR count). The highest BCUT2D eigenvalue weighted by atomic mass is 19.1. The van der Waals surface area contributed by atoms with Crippen molar-refractivity contribution in [1.29, 1.82) is 0 Å². The third-order valence-corrected chi connectivity index (χ3v) is 3.38. The number of halogens is 2. The number of methoxy groups -OCH3 is 1. The molecule has 0 aliphatic heterocycles. The Morgan fingerprint density at radius 3 is 2.38 bits per heavy atom. The number of carbonyl (C=O) groups is 2. The first-order chi connectivity index (χ1) is 11.4. The Hall–Kier alpha value is -2.96. The molecule has 0 bridgehead atoms. The van der Waals surface area contributed by atoms with Gasteiger partial charge in [-0.1, -0.05) is 12.1 Å². The molecule has 2 aromatic carbocycles. The van der Waals surface area contributed by atoms with E-state index in [0.29, 0.717) is 17.4 Å². The summed E-state index contributed by atoms with van der Waals surface area (Å²) in [4.78, 5) is 23.4. The van der Waals surface area contributed by atoms with Gasteiger partial charge in [-0.05, 0) is 29.8 Å². The quantitative estimate of drug-likeness (QED) is 0.850. The van der Waals surface area contributed by atoms with Crippen LogP contribution in [0.2, 0.25) is 0 Å². The molecule has 0 unspecified atom stereocenters. The number of hydrogen-bond donors (Lipinski definition) is 2. The summed E-state index contributed by atoms with van der Waals surface area (Å²) in [6, 6.07) is 7.86. The van der Waals surface area contributed by atoms with Crippen molar-refractivity contribution < 1.29 is 28.2 Å². The van der Waals surface area contributed by atoms with Gasteiger partial charge in [0, 0.05) is 12.5 Å². The first-order valence-corrected chi connectivity index (χ1v) is 7.02. The van der Waals surface area contributed by atoms with Gasteiger partial charge in [0.05, 0.1) is 12.7 Å². The second kappa shape index (κ2) is 7.54. The molecule has 0 aliphatic carbocycles. The summed E-state index contributed by atoms with van der Waals surface area (Å²) in [7, 11) is 1.51. The lowest BCUT2D eigenvalue weighted by Gasteiger charge is -2.15. The minimum Gasteiger partial charge on any atom is -0.497 e. The predicted molar refractivity (Wildman–Crippen MR) is 81.9 cm³/mol. The topological polar surface area (TPSA) is 75.6 Å². The van der Waals surface area contributed by atoms with Crippen LogP contribution >= 0.6 is 0 Å². The van der Waals surface area contributed by atoms with E-state index < -0.39 is 35.1 Å². The Morgan fingerprint density at radius 1 is 1.17 bits per heavy atom. The summed E-state index contributed by atoms with van der Waals surface area (Å²) in [6.45, 7) is 0. The Labute approximate surface area is 136 Å². The van der Waals surface area contributed by atoms with Gasteiger partial charge in [0.25, 0.3) is 5.91 Å². The summed E-state index contributed by atoms with van der Waals surface area (Å²) >= 11 is 0. The van der Waals surface area contributed by atoms with Crippen molar-refractivity contribution in [2.24, 2.45) is 0 Å². The molecule has 2 N–H and O–H groups in total. The standard InChI is InChI=1S/C17H15F2NO4/c1-24-12-5-2-10(3-6-12)8-15(17(22)23)20-16(21)13-7-4-11(18)9-14(13)19/h2-7,9,15H,8H2,1H3,(H,20,21)(H,22,23)/t15-/m0/s1. The van der Waals surface area contributed by atoms with Crippen molar-refractivity contribution in [2.75, 3.05) is 7.11 Å². The zero-order chi connectivity index (χ0) is 17.7. The number of benzene rings is 2. The van der Waals surface area contributed by atoms with Crippen LogP contribution in [0.3, 0.4) is 0 Å². The van der Waals surface area contributed by atoms with Crippen LogP contribution in [-0.2, 0) is 11.2 Å². The molecule has 0 heterocycles. The molecule has 0 aliphatic rings. The number of carboxylic acid groups (broad SMARTS) is 1. The number of hydrogen-bond acceptors (Lipinski definition) is 3. The minimum atomic E-state index is -1.26. The fourth-order valence-corrected chi connectivity index (χ4v) is 2.11. The fraction of sp³-hybridized carbons (Fsp3) is 0.176. The van der Waals surface area contributed by atoms with Gasteiger partial charge >= 0.3 is 5.97 Å². The molecular weight excluding hydrogens is 320 g/mol. The maximum absolute atomic E-state index is 13.6. The van der Waals surface area contributed by atoms with E-state index in [0.717, 1.165) is 12.1 Å². The second-order valence-electron chi connectivity index (χ2n) is 5.04. The van der Waals surface area contributed by atoms with Crippen LogP contribution in [0, 0.1) is 11.6 Å². The van der Waals surface area contributed by atoms with E-state index in [2.05, 4.69) is 5.32 Å². The van der Waals surface area contributed by atoms with Crippen molar-refractivity contribution in [3.63, 3.8) is 0 Å². The maximum atomic E-state index is 13.6. The van der Waals surface area contributed by atoms with Gasteiger partial charge in [-0.15, -0.1) is 0 Å². The summed E-state index contributed by atoms with van der Waals surface area (Å²) in [6.07, 6.45) is 0.00782. The lowest BCUT2D eigenvalue weighted by Crippen LogP contribution is -2.42. The third kappa shape index (κ3) is 4.28. The van der Waals surface area contributed by atoms with Gasteiger partial charge < -0.3 is 15.2 Å². The van der Waals surface area contributed by atoms with E-state index in [-0.39, 0.29) is 6.42 Å². The van der Waals surface area contributed by atoms with Crippen LogP contribution in [0.5, 0.6) is 5.75 Å². The number of amides is 1. The van der Waals surface area contributed by atoms with E-state index in [1.807, 2.05) is 0 Å². The van der Waals surface area contributed by atoms with Crippen LogP contribution in [-0.4, -0.2) is 30.1 Å². The zero-order valence-corrected chi connectivity index (χ0v) is 12.8. The number of aliphatic carboxylic acids is 1. The van der Waals surface area contributed by atoms with Gasteiger partial charge in [-0.25, -0.2) is 13.6 Å². The molecule has 2 aromatic rings. The van der Waals surface area contributed by atoms with Crippen LogP contribution in [0.25, 0.3) is 0 Å². The van der Waals surface area contributed by atoms with Gasteiger partial charge in [-0.2, -0.15) is 0 Å². The highest BCUT2D eigenvalue weighted by molar-refractivity contribution is 5.96. The average molecular weight is 335 g/mol. The zero-order valence-electron chi connectivity index (χ0n) is 12.8. The maximum Gasteiger partial charge on any atom is 0.326 e. The molecule has 126 valence electrons. The van der Waals surface area contributed by atoms with Crippen LogP contribution in [0.15, 0.2) is 42.5 Å². The normalized spacial score (nSPS) is 11.6. The second-order valence-corrected chi connectivity index (χ2v) is 5.04. The van der Waals surface area contributed by atoms with Gasteiger partial charge in [0.15, 0.2) is 0 Å². The Balaban J connectivity index is 2.12. The molecule has 0 radical (unpaired) electrons. The van der Waals surface area contributed by atoms with Crippen molar-refractivity contribution in [3.8, 4) is 5.75 Å². The van der Waals surface area contributed by atoms with Crippen LogP contribution < -0.4 is 10.1 Å². The molecule has 7 heteroatoms. The molecule has 1 atom stereocenters. The molecule has 24 heavy (non-hydrogen) atoms. The van der Waals surface area contributed by atoms with Crippen molar-refractivity contribution in [1.82, 2.24) is 5.32 Å². The van der Waals surface area contributed by atoms with Gasteiger partial charge in [-0.3, -0.25) is 4.79 Å². The lowest BCUT2D eigenvalue weighted by atomic mass is 10.1. The molecule has 5 nitrogen and oxygen atoms in total. The summed E-state index contributed by atoms with van der Waals surface area (Å²) in [5.74, 6) is -3.45. The number of carbonyl (C=O) groups excluding carboxylic acids is 1. The molecule has 0 saturated heterocycles. The molecule has 0 fully saturated rings. The number of rotatable bonds is 6. The Kier molecular flexibility index (Phi) is 5.47. The minimum absolute atomic E-state index is 0.00782. The van der Waals surface area contributed by atoms with E-state index in [1.54, 1.807) is 24.3 Å². The lowest BCUT2D eigenvalue weighted by molar-refractivity contribution is -0.139. The molecule has 0 aromatic heterocycles. The van der Waals surface area contributed by atoms with E-state index in [1.165, 1.54) is 7.11 Å². The molecule has 0 spiro atoms. The summed E-state index contributed by atoms with van der Waals surface area (Å²) in [5.41, 5.74) is 0.237. The first-order valence-electron chi connectivity index (χ1n) is 7.02. The van der Waals surface area contributed by atoms with E-state index in [9.17, 15) is 23.5 Å². The fourth-order valence-electron chi connectivity index (χ4n) is 2.11. The highest BCUT2D eigenvalue weighted by Gasteiger charge is 2.23. The summed E-state index contributed by atoms with van der Waals surface area (Å²) < 4.78 is 31.5. The smallest absolute Gasteiger partial charge is 0.326 e. The SMILES string of the molecule is COc1ccc(C[C@H](NC(=O)c2ccc(F)cc2F)C(=O)O)cc1. The monoisotopic (exact) mass is 335 g/mol. The van der Waals surface area contributed by atoms with Crippen molar-refractivity contribution in [3.05, 3.63) is 65.2 Å². The number of ether oxygens (including phenoxy) is 1. The number of carboxylic acids is 1. The van der Waals surface area contributed by atoms with Crippen molar-refractivity contribution >= 4 is 11.9 Å². The average Bonchev–Trinajstić information content (AvgIpc) is 2.54. The molecule has 0 saturated carbocycles. The van der Waals surface area contributed by atoms with Crippen LogP contribution in [0.4, 0.5) is 8.78 Å². The Bertz CT molecular complexity index is 747. The van der Waals surface area contributed by atoms with Crippen LogP contribution in [0.1, 0.15) is 15.9 Å². The molecular formula is C17H15F2NO4. The predicted octanol–water partition coefficient (Wildman–Crippen LogP) is 2.40.